The normalized spacial score (nSPS) is 17.0. The Balaban J connectivity index is 2.13. The van der Waals surface area contributed by atoms with Gasteiger partial charge in [0.25, 0.3) is 0 Å². The number of carbonyl (C=O) groups excluding carboxylic acids is 2. The predicted octanol–water partition coefficient (Wildman–Crippen LogP) is 1.94. The van der Waals surface area contributed by atoms with Crippen molar-refractivity contribution < 1.29 is 19.1 Å². The highest BCUT2D eigenvalue weighted by Gasteiger charge is 2.18. The lowest BCUT2D eigenvalue weighted by Crippen LogP contribution is -2.00. The summed E-state index contributed by atoms with van der Waals surface area (Å²) in [4.78, 5) is 22.0. The first kappa shape index (κ1) is 11.4. The van der Waals surface area contributed by atoms with Gasteiger partial charge < -0.3 is 9.47 Å². The SMILES string of the molecule is CC(=O)Oc1ccc(C=C2CCOC2=O)cc1. The zero-order chi connectivity index (χ0) is 12.3. The largest absolute Gasteiger partial charge is 0.462 e. The molecule has 17 heavy (non-hydrogen) atoms. The van der Waals surface area contributed by atoms with E-state index < -0.39 is 0 Å². The van der Waals surface area contributed by atoms with Crippen LogP contribution in [0.3, 0.4) is 0 Å². The zero-order valence-corrected chi connectivity index (χ0v) is 9.43. The van der Waals surface area contributed by atoms with Crippen LogP contribution in [0.5, 0.6) is 5.75 Å². The monoisotopic (exact) mass is 232 g/mol. The third-order valence-corrected chi connectivity index (χ3v) is 2.35. The fraction of sp³-hybridized carbons (Fsp3) is 0.231. The minimum atomic E-state index is -0.351. The van der Waals surface area contributed by atoms with Gasteiger partial charge in [-0.3, -0.25) is 4.79 Å². The molecule has 0 aromatic heterocycles. The number of rotatable bonds is 2. The van der Waals surface area contributed by atoms with Crippen molar-refractivity contribution in [3.63, 3.8) is 0 Å². The summed E-state index contributed by atoms with van der Waals surface area (Å²) in [5.74, 6) is -0.113. The van der Waals surface area contributed by atoms with Gasteiger partial charge >= 0.3 is 11.9 Å². The van der Waals surface area contributed by atoms with Crippen molar-refractivity contribution in [2.24, 2.45) is 0 Å². The Hall–Kier alpha value is -2.10. The van der Waals surface area contributed by atoms with Gasteiger partial charge in [-0.15, -0.1) is 0 Å². The summed E-state index contributed by atoms with van der Waals surface area (Å²) >= 11 is 0. The molecule has 4 heteroatoms. The van der Waals surface area contributed by atoms with Gasteiger partial charge in [0.05, 0.1) is 6.61 Å². The van der Waals surface area contributed by atoms with Crippen LogP contribution in [0.2, 0.25) is 0 Å². The lowest BCUT2D eigenvalue weighted by atomic mass is 10.1. The summed E-state index contributed by atoms with van der Waals surface area (Å²) in [6.45, 7) is 1.81. The highest BCUT2D eigenvalue weighted by atomic mass is 16.5. The van der Waals surface area contributed by atoms with E-state index in [4.69, 9.17) is 9.47 Å². The second kappa shape index (κ2) is 4.82. The maximum absolute atomic E-state index is 11.2. The highest BCUT2D eigenvalue weighted by molar-refractivity contribution is 5.95. The van der Waals surface area contributed by atoms with E-state index >= 15 is 0 Å². The van der Waals surface area contributed by atoms with Gasteiger partial charge in [-0.2, -0.15) is 0 Å². The van der Waals surface area contributed by atoms with Crippen molar-refractivity contribution >= 4 is 18.0 Å². The topological polar surface area (TPSA) is 52.6 Å². The number of ether oxygens (including phenoxy) is 2. The number of benzene rings is 1. The fourth-order valence-corrected chi connectivity index (χ4v) is 1.58. The van der Waals surface area contributed by atoms with E-state index in [0.29, 0.717) is 24.4 Å². The van der Waals surface area contributed by atoms with Crippen molar-refractivity contribution in [3.05, 3.63) is 35.4 Å². The van der Waals surface area contributed by atoms with Crippen LogP contribution in [0.15, 0.2) is 29.8 Å². The predicted molar refractivity (Wildman–Crippen MR) is 61.3 cm³/mol. The second-order valence-electron chi connectivity index (χ2n) is 3.72. The minimum Gasteiger partial charge on any atom is -0.462 e. The summed E-state index contributed by atoms with van der Waals surface area (Å²) < 4.78 is 9.75. The number of hydrogen-bond donors (Lipinski definition) is 0. The molecule has 1 aromatic rings. The van der Waals surface area contributed by atoms with E-state index in [2.05, 4.69) is 0 Å². The molecule has 0 unspecified atom stereocenters. The molecule has 1 fully saturated rings. The molecule has 2 rings (SSSR count). The number of cyclic esters (lactones) is 1. The van der Waals surface area contributed by atoms with E-state index in [1.807, 2.05) is 0 Å². The van der Waals surface area contributed by atoms with Crippen LogP contribution < -0.4 is 4.74 Å². The summed E-state index contributed by atoms with van der Waals surface area (Å²) in [5.41, 5.74) is 1.56. The van der Waals surface area contributed by atoms with Gasteiger partial charge in [0.15, 0.2) is 0 Å². The molecule has 1 aliphatic heterocycles. The molecule has 0 radical (unpaired) electrons. The molecule has 0 aliphatic carbocycles. The molecule has 1 aliphatic rings. The van der Waals surface area contributed by atoms with Crippen LogP contribution >= 0.6 is 0 Å². The Labute approximate surface area is 98.8 Å². The van der Waals surface area contributed by atoms with E-state index in [0.717, 1.165) is 5.56 Å². The van der Waals surface area contributed by atoms with Crippen LogP contribution in [0.25, 0.3) is 6.08 Å². The van der Waals surface area contributed by atoms with Gasteiger partial charge in [0, 0.05) is 18.9 Å². The van der Waals surface area contributed by atoms with Crippen LogP contribution in [0, 0.1) is 0 Å². The summed E-state index contributed by atoms with van der Waals surface area (Å²) in [6.07, 6.45) is 2.43. The van der Waals surface area contributed by atoms with Gasteiger partial charge in [-0.25, -0.2) is 4.79 Å². The Bertz CT molecular complexity index is 471. The van der Waals surface area contributed by atoms with Crippen LogP contribution in [-0.4, -0.2) is 18.5 Å². The third-order valence-electron chi connectivity index (χ3n) is 2.35. The smallest absolute Gasteiger partial charge is 0.334 e. The Morgan fingerprint density at radius 1 is 1.35 bits per heavy atom. The molecule has 1 heterocycles. The third kappa shape index (κ3) is 2.93. The number of hydrogen-bond acceptors (Lipinski definition) is 4. The van der Waals surface area contributed by atoms with Gasteiger partial charge in [0.1, 0.15) is 5.75 Å². The zero-order valence-electron chi connectivity index (χ0n) is 9.43. The van der Waals surface area contributed by atoms with E-state index in [1.54, 1.807) is 30.3 Å². The molecule has 0 spiro atoms. The molecule has 0 saturated carbocycles. The molecular formula is C13H12O4. The van der Waals surface area contributed by atoms with Crippen LogP contribution in [0.4, 0.5) is 0 Å². The van der Waals surface area contributed by atoms with Gasteiger partial charge in [-0.05, 0) is 23.8 Å². The average molecular weight is 232 g/mol. The first-order valence-electron chi connectivity index (χ1n) is 5.31. The van der Waals surface area contributed by atoms with Crippen molar-refractivity contribution in [1.82, 2.24) is 0 Å². The fourth-order valence-electron chi connectivity index (χ4n) is 1.58. The molecular weight excluding hydrogens is 220 g/mol. The standard InChI is InChI=1S/C13H12O4/c1-9(14)17-12-4-2-10(3-5-12)8-11-6-7-16-13(11)15/h2-5,8H,6-7H2,1H3. The lowest BCUT2D eigenvalue weighted by molar-refractivity contribution is -0.135. The van der Waals surface area contributed by atoms with Crippen molar-refractivity contribution in [3.8, 4) is 5.75 Å². The maximum Gasteiger partial charge on any atom is 0.334 e. The second-order valence-corrected chi connectivity index (χ2v) is 3.72. The van der Waals surface area contributed by atoms with Crippen LogP contribution in [0.1, 0.15) is 18.9 Å². The molecule has 0 N–H and O–H groups in total. The molecule has 4 nitrogen and oxygen atoms in total. The molecule has 1 aromatic carbocycles. The molecule has 0 atom stereocenters. The minimum absolute atomic E-state index is 0.255. The van der Waals surface area contributed by atoms with Gasteiger partial charge in [-0.1, -0.05) is 12.1 Å². The Morgan fingerprint density at radius 3 is 2.59 bits per heavy atom. The van der Waals surface area contributed by atoms with Crippen molar-refractivity contribution in [2.75, 3.05) is 6.61 Å². The lowest BCUT2D eigenvalue weighted by Gasteiger charge is -2.01. The first-order valence-corrected chi connectivity index (χ1v) is 5.31. The van der Waals surface area contributed by atoms with Crippen molar-refractivity contribution in [2.45, 2.75) is 13.3 Å². The first-order chi connectivity index (χ1) is 8.15. The van der Waals surface area contributed by atoms with E-state index in [9.17, 15) is 9.59 Å². The number of carbonyl (C=O) groups is 2. The van der Waals surface area contributed by atoms with E-state index in [1.165, 1.54) is 6.92 Å². The van der Waals surface area contributed by atoms with Gasteiger partial charge in [0.2, 0.25) is 0 Å². The molecule has 0 bridgehead atoms. The molecule has 88 valence electrons. The molecule has 0 amide bonds. The summed E-state index contributed by atoms with van der Waals surface area (Å²) in [7, 11) is 0. The summed E-state index contributed by atoms with van der Waals surface area (Å²) in [6, 6.07) is 6.95. The summed E-state index contributed by atoms with van der Waals surface area (Å²) in [5, 5.41) is 0. The van der Waals surface area contributed by atoms with E-state index in [-0.39, 0.29) is 11.9 Å². The van der Waals surface area contributed by atoms with Crippen molar-refractivity contribution in [1.29, 1.82) is 0 Å². The average Bonchev–Trinajstić information content (AvgIpc) is 2.67. The number of esters is 2. The highest BCUT2D eigenvalue weighted by Crippen LogP contribution is 2.19. The molecule has 1 saturated heterocycles. The van der Waals surface area contributed by atoms with Crippen LogP contribution in [-0.2, 0) is 14.3 Å². The maximum atomic E-state index is 11.2. The quantitative estimate of drug-likeness (QED) is 0.444. The Morgan fingerprint density at radius 2 is 2.06 bits per heavy atom. The Kier molecular flexibility index (Phi) is 3.23.